The molecule has 0 aliphatic carbocycles. The van der Waals surface area contributed by atoms with Gasteiger partial charge in [-0.15, -0.1) is 0 Å². The molecule has 102 valence electrons. The van der Waals surface area contributed by atoms with Crippen LogP contribution in [-0.2, 0) is 11.2 Å². The molecule has 0 radical (unpaired) electrons. The zero-order chi connectivity index (χ0) is 14.3. The van der Waals surface area contributed by atoms with Gasteiger partial charge in [0.25, 0.3) is 5.91 Å². The van der Waals surface area contributed by atoms with Gasteiger partial charge in [-0.2, -0.15) is 0 Å². The largest absolute Gasteiger partial charge is 0.440 e. The summed E-state index contributed by atoms with van der Waals surface area (Å²) in [5.41, 5.74) is 1.87. The number of rotatable bonds is 2. The van der Waals surface area contributed by atoms with Gasteiger partial charge in [-0.05, 0) is 41.4 Å². The number of hydrogen-bond acceptors (Lipinski definition) is 3. The maximum Gasteiger partial charge on any atom is 0.291 e. The van der Waals surface area contributed by atoms with Crippen molar-refractivity contribution in [2.45, 2.75) is 6.42 Å². The standard InChI is InChI=1S/C13H8Cl2N2O3/c14-7-5-8-6(4-12(18)16-8)3-9(7)17-13(19)10-1-2-11(15)20-10/h1-3,5H,4H2,(H,16,18)(H,17,19). The van der Waals surface area contributed by atoms with Crippen LogP contribution in [0.2, 0.25) is 10.2 Å². The van der Waals surface area contributed by atoms with Crippen LogP contribution < -0.4 is 10.6 Å². The quantitative estimate of drug-likeness (QED) is 0.893. The lowest BCUT2D eigenvalue weighted by Crippen LogP contribution is -2.11. The summed E-state index contributed by atoms with van der Waals surface area (Å²) >= 11 is 11.7. The lowest BCUT2D eigenvalue weighted by atomic mass is 10.1. The smallest absolute Gasteiger partial charge is 0.291 e. The molecule has 0 unspecified atom stereocenters. The molecular formula is C13H8Cl2N2O3. The van der Waals surface area contributed by atoms with Crippen molar-refractivity contribution in [3.05, 3.63) is 45.8 Å². The first kappa shape index (κ1) is 13.0. The Labute approximate surface area is 123 Å². The van der Waals surface area contributed by atoms with Crippen molar-refractivity contribution < 1.29 is 14.0 Å². The number of hydrogen-bond donors (Lipinski definition) is 2. The first-order valence-corrected chi connectivity index (χ1v) is 6.47. The van der Waals surface area contributed by atoms with Gasteiger partial charge in [-0.3, -0.25) is 9.59 Å². The molecule has 5 nitrogen and oxygen atoms in total. The van der Waals surface area contributed by atoms with E-state index in [9.17, 15) is 9.59 Å². The average molecular weight is 311 g/mol. The molecule has 3 rings (SSSR count). The molecule has 1 aliphatic rings. The van der Waals surface area contributed by atoms with Crippen molar-refractivity contribution in [1.82, 2.24) is 0 Å². The van der Waals surface area contributed by atoms with Crippen LogP contribution in [0.1, 0.15) is 16.1 Å². The average Bonchev–Trinajstić information content (AvgIpc) is 2.95. The predicted molar refractivity (Wildman–Crippen MR) is 75.5 cm³/mol. The number of benzene rings is 1. The minimum absolute atomic E-state index is 0.0840. The van der Waals surface area contributed by atoms with E-state index in [0.29, 0.717) is 16.4 Å². The Hall–Kier alpha value is -1.98. The van der Waals surface area contributed by atoms with Crippen LogP contribution in [-0.4, -0.2) is 11.8 Å². The van der Waals surface area contributed by atoms with Crippen LogP contribution in [0.3, 0.4) is 0 Å². The molecule has 2 heterocycles. The van der Waals surface area contributed by atoms with E-state index in [-0.39, 0.29) is 23.3 Å². The van der Waals surface area contributed by atoms with E-state index in [4.69, 9.17) is 27.6 Å². The van der Waals surface area contributed by atoms with Crippen LogP contribution in [0.15, 0.2) is 28.7 Å². The Balaban J connectivity index is 1.86. The molecule has 2 amide bonds. The van der Waals surface area contributed by atoms with Crippen LogP contribution in [0, 0.1) is 0 Å². The van der Waals surface area contributed by atoms with Crippen LogP contribution in [0.25, 0.3) is 0 Å². The Kier molecular flexibility index (Phi) is 3.16. The van der Waals surface area contributed by atoms with Gasteiger partial charge in [-0.25, -0.2) is 0 Å². The maximum absolute atomic E-state index is 11.9. The van der Waals surface area contributed by atoms with E-state index in [2.05, 4.69) is 10.6 Å². The third-order valence-electron chi connectivity index (χ3n) is 2.86. The summed E-state index contributed by atoms with van der Waals surface area (Å²) in [6.45, 7) is 0. The number of carbonyl (C=O) groups is 2. The SMILES string of the molecule is O=C1Cc2cc(NC(=O)c3ccc(Cl)o3)c(Cl)cc2N1. The third-order valence-corrected chi connectivity index (χ3v) is 3.38. The molecule has 2 N–H and O–H groups in total. The van der Waals surface area contributed by atoms with Gasteiger partial charge >= 0.3 is 0 Å². The van der Waals surface area contributed by atoms with Crippen molar-refractivity contribution >= 4 is 46.4 Å². The second kappa shape index (κ2) is 4.85. The van der Waals surface area contributed by atoms with Gasteiger partial charge in [0.1, 0.15) is 0 Å². The summed E-state index contributed by atoms with van der Waals surface area (Å²) in [5.74, 6) is -0.478. The lowest BCUT2D eigenvalue weighted by Gasteiger charge is -2.08. The monoisotopic (exact) mass is 310 g/mol. The first-order valence-electron chi connectivity index (χ1n) is 5.72. The number of furan rings is 1. The third kappa shape index (κ3) is 2.37. The highest BCUT2D eigenvalue weighted by Crippen LogP contribution is 2.33. The van der Waals surface area contributed by atoms with Crippen LogP contribution in [0.5, 0.6) is 0 Å². The van der Waals surface area contributed by atoms with Gasteiger partial charge in [0.15, 0.2) is 11.0 Å². The van der Waals surface area contributed by atoms with Crippen molar-refractivity contribution in [3.63, 3.8) is 0 Å². The van der Waals surface area contributed by atoms with E-state index in [1.807, 2.05) is 0 Å². The fourth-order valence-corrected chi connectivity index (χ4v) is 2.32. The van der Waals surface area contributed by atoms with Gasteiger partial charge < -0.3 is 15.1 Å². The van der Waals surface area contributed by atoms with E-state index in [1.165, 1.54) is 12.1 Å². The second-order valence-electron chi connectivity index (χ2n) is 4.27. The predicted octanol–water partition coefficient (Wildman–Crippen LogP) is 3.33. The van der Waals surface area contributed by atoms with Gasteiger partial charge in [-0.1, -0.05) is 11.6 Å². The van der Waals surface area contributed by atoms with Gasteiger partial charge in [0, 0.05) is 5.69 Å². The molecule has 0 saturated heterocycles. The van der Waals surface area contributed by atoms with Crippen molar-refractivity contribution in [2.24, 2.45) is 0 Å². The van der Waals surface area contributed by atoms with Gasteiger partial charge in [0.05, 0.1) is 17.1 Å². The molecule has 7 heteroatoms. The molecule has 1 aliphatic heterocycles. The van der Waals surface area contributed by atoms with Crippen molar-refractivity contribution in [3.8, 4) is 0 Å². The highest BCUT2D eigenvalue weighted by molar-refractivity contribution is 6.34. The van der Waals surface area contributed by atoms with E-state index in [0.717, 1.165) is 5.56 Å². The molecule has 0 spiro atoms. The summed E-state index contributed by atoms with van der Waals surface area (Å²) in [6, 6.07) is 6.21. The summed E-state index contributed by atoms with van der Waals surface area (Å²) in [7, 11) is 0. The van der Waals surface area contributed by atoms with Crippen molar-refractivity contribution in [2.75, 3.05) is 10.6 Å². The molecule has 1 aromatic carbocycles. The summed E-state index contributed by atoms with van der Waals surface area (Å²) < 4.78 is 5.01. The van der Waals surface area contributed by atoms with Crippen LogP contribution >= 0.6 is 23.2 Å². The minimum Gasteiger partial charge on any atom is -0.440 e. The minimum atomic E-state index is -0.462. The van der Waals surface area contributed by atoms with E-state index in [1.54, 1.807) is 12.1 Å². The number of fused-ring (bicyclic) bond motifs is 1. The number of amides is 2. The van der Waals surface area contributed by atoms with Gasteiger partial charge in [0.2, 0.25) is 5.91 Å². The molecule has 0 saturated carbocycles. The highest BCUT2D eigenvalue weighted by atomic mass is 35.5. The number of carbonyl (C=O) groups excluding carboxylic acids is 2. The zero-order valence-corrected chi connectivity index (χ0v) is 11.5. The van der Waals surface area contributed by atoms with E-state index >= 15 is 0 Å². The fraction of sp³-hybridized carbons (Fsp3) is 0.0769. The zero-order valence-electron chi connectivity index (χ0n) is 10.00. The van der Waals surface area contributed by atoms with Crippen LogP contribution in [0.4, 0.5) is 11.4 Å². The van der Waals surface area contributed by atoms with Crippen molar-refractivity contribution in [1.29, 1.82) is 0 Å². The normalized spacial score (nSPS) is 13.0. The molecule has 0 fully saturated rings. The Morgan fingerprint density at radius 2 is 2.10 bits per heavy atom. The molecular weight excluding hydrogens is 303 g/mol. The summed E-state index contributed by atoms with van der Waals surface area (Å²) in [5, 5.41) is 5.76. The Morgan fingerprint density at radius 1 is 1.30 bits per heavy atom. The lowest BCUT2D eigenvalue weighted by molar-refractivity contribution is -0.115. The number of anilines is 2. The van der Waals surface area contributed by atoms with E-state index < -0.39 is 5.91 Å². The maximum atomic E-state index is 11.9. The molecule has 20 heavy (non-hydrogen) atoms. The fourth-order valence-electron chi connectivity index (χ4n) is 1.96. The first-order chi connectivity index (χ1) is 9.52. The Morgan fingerprint density at radius 3 is 2.80 bits per heavy atom. The highest BCUT2D eigenvalue weighted by Gasteiger charge is 2.21. The second-order valence-corrected chi connectivity index (χ2v) is 5.05. The molecule has 2 aromatic rings. The topological polar surface area (TPSA) is 71.3 Å². The Bertz CT molecular complexity index is 724. The number of nitrogens with one attached hydrogen (secondary N) is 2. The summed E-state index contributed by atoms with van der Waals surface area (Å²) in [6.07, 6.45) is 0.266. The molecule has 0 bridgehead atoms. The summed E-state index contributed by atoms with van der Waals surface area (Å²) in [4.78, 5) is 23.2. The molecule has 1 aromatic heterocycles. The number of halogens is 2. The molecule has 0 atom stereocenters.